The summed E-state index contributed by atoms with van der Waals surface area (Å²) in [4.78, 5) is 3.67. The normalized spacial score (nSPS) is 13.5. The first kappa shape index (κ1) is 8.94. The average Bonchev–Trinajstić information content (AvgIpc) is 1.99. The minimum atomic E-state index is 0.341. The van der Waals surface area contributed by atoms with E-state index in [-0.39, 0.29) is 0 Å². The van der Waals surface area contributed by atoms with E-state index in [9.17, 15) is 0 Å². The smallest absolute Gasteiger partial charge is 0.209 e. The number of aliphatic imine (C=N–C) groups is 1. The number of nitrogens with zero attached hydrogens (tertiary/aromatic N) is 2. The van der Waals surface area contributed by atoms with Crippen molar-refractivity contribution in [2.45, 2.75) is 20.3 Å². The maximum atomic E-state index is 5.31. The topological polar surface area (TPSA) is 62.8 Å². The highest BCUT2D eigenvalue weighted by molar-refractivity contribution is 5.84. The molecule has 0 saturated heterocycles. The maximum absolute atomic E-state index is 5.31. The highest BCUT2D eigenvalue weighted by atomic mass is 15.3. The van der Waals surface area contributed by atoms with E-state index in [1.165, 1.54) is 0 Å². The van der Waals surface area contributed by atoms with Crippen LogP contribution >= 0.6 is 0 Å². The van der Waals surface area contributed by atoms with Gasteiger partial charge in [-0.05, 0) is 13.3 Å². The number of rotatable bonds is 2. The predicted octanol–water partition coefficient (Wildman–Crippen LogP) is 0.306. The van der Waals surface area contributed by atoms with Gasteiger partial charge in [0.15, 0.2) is 0 Å². The van der Waals surface area contributed by atoms with Crippen LogP contribution < -0.4 is 11.2 Å². The van der Waals surface area contributed by atoms with Gasteiger partial charge in [0.25, 0.3) is 0 Å². The van der Waals surface area contributed by atoms with Gasteiger partial charge >= 0.3 is 0 Å². The molecule has 0 bridgehead atoms. The molecule has 0 aromatic rings. The molecule has 10 heavy (non-hydrogen) atoms. The first-order valence-electron chi connectivity index (χ1n) is 3.22. The summed E-state index contributed by atoms with van der Waals surface area (Å²) in [5.74, 6) is 0.341. The van der Waals surface area contributed by atoms with Crippen LogP contribution in [0, 0.1) is 0 Å². The summed E-state index contributed by atoms with van der Waals surface area (Å²) in [5.41, 5.74) is 8.91. The van der Waals surface area contributed by atoms with Crippen LogP contribution in [-0.4, -0.2) is 18.7 Å². The molecule has 58 valence electrons. The van der Waals surface area contributed by atoms with Gasteiger partial charge in [-0.2, -0.15) is 5.10 Å². The number of nitrogens with one attached hydrogen (secondary N) is 1. The molecule has 0 aromatic carbocycles. The monoisotopic (exact) mass is 142 g/mol. The molecule has 4 nitrogen and oxygen atoms in total. The van der Waals surface area contributed by atoms with E-state index in [2.05, 4.69) is 15.5 Å². The van der Waals surface area contributed by atoms with Gasteiger partial charge in [-0.25, -0.2) is 5.43 Å². The zero-order valence-corrected chi connectivity index (χ0v) is 6.68. The second-order valence-electron chi connectivity index (χ2n) is 1.92. The first-order valence-corrected chi connectivity index (χ1v) is 3.22. The van der Waals surface area contributed by atoms with Gasteiger partial charge in [0.1, 0.15) is 0 Å². The molecule has 0 fully saturated rings. The van der Waals surface area contributed by atoms with Gasteiger partial charge < -0.3 is 5.73 Å². The van der Waals surface area contributed by atoms with E-state index in [1.807, 2.05) is 13.8 Å². The summed E-state index contributed by atoms with van der Waals surface area (Å²) < 4.78 is 0. The molecule has 0 heterocycles. The Kier molecular flexibility index (Phi) is 4.28. The number of hydrogen-bond acceptors (Lipinski definition) is 2. The Morgan fingerprint density at radius 3 is 2.60 bits per heavy atom. The highest BCUT2D eigenvalue weighted by Gasteiger charge is 1.85. The first-order chi connectivity index (χ1) is 4.70. The Bertz CT molecular complexity index is 148. The minimum Gasteiger partial charge on any atom is -0.369 e. The van der Waals surface area contributed by atoms with E-state index < -0.39 is 0 Å². The fraction of sp³-hybridized carbons (Fsp3) is 0.667. The summed E-state index contributed by atoms with van der Waals surface area (Å²) in [7, 11) is 1.61. The van der Waals surface area contributed by atoms with E-state index in [0.29, 0.717) is 5.96 Å². The van der Waals surface area contributed by atoms with Gasteiger partial charge in [-0.1, -0.05) is 6.92 Å². The molecule has 0 aliphatic heterocycles. The molecule has 3 N–H and O–H groups in total. The molecular formula is C6H14N4. The predicted molar refractivity (Wildman–Crippen MR) is 44.1 cm³/mol. The molecule has 0 unspecified atom stereocenters. The van der Waals surface area contributed by atoms with Gasteiger partial charge in [0, 0.05) is 12.8 Å². The van der Waals surface area contributed by atoms with Gasteiger partial charge in [-0.3, -0.25) is 4.99 Å². The quantitative estimate of drug-likeness (QED) is 0.331. The van der Waals surface area contributed by atoms with E-state index in [0.717, 1.165) is 12.1 Å². The fourth-order valence-electron chi connectivity index (χ4n) is 0.282. The lowest BCUT2D eigenvalue weighted by atomic mass is 10.3. The summed E-state index contributed by atoms with van der Waals surface area (Å²) in [5, 5.41) is 3.92. The molecule has 0 aliphatic rings. The van der Waals surface area contributed by atoms with E-state index in [4.69, 9.17) is 5.73 Å². The van der Waals surface area contributed by atoms with Crippen LogP contribution in [0.25, 0.3) is 0 Å². The lowest BCUT2D eigenvalue weighted by Crippen LogP contribution is -2.27. The third kappa shape index (κ3) is 3.88. The van der Waals surface area contributed by atoms with Crippen molar-refractivity contribution in [1.29, 1.82) is 0 Å². The van der Waals surface area contributed by atoms with Crippen molar-refractivity contribution < 1.29 is 0 Å². The lowest BCUT2D eigenvalue weighted by molar-refractivity contribution is 0.982. The Balaban J connectivity index is 3.72. The summed E-state index contributed by atoms with van der Waals surface area (Å²) in [6.45, 7) is 3.95. The molecule has 0 rings (SSSR count). The van der Waals surface area contributed by atoms with E-state index in [1.54, 1.807) is 7.05 Å². The second kappa shape index (κ2) is 4.78. The third-order valence-electron chi connectivity index (χ3n) is 1.11. The molecule has 4 heteroatoms. The van der Waals surface area contributed by atoms with Crippen LogP contribution in [0.2, 0.25) is 0 Å². The Morgan fingerprint density at radius 1 is 1.60 bits per heavy atom. The van der Waals surface area contributed by atoms with Crippen LogP contribution in [0.5, 0.6) is 0 Å². The van der Waals surface area contributed by atoms with Crippen molar-refractivity contribution in [3.8, 4) is 0 Å². The third-order valence-corrected chi connectivity index (χ3v) is 1.11. The van der Waals surface area contributed by atoms with Crippen molar-refractivity contribution in [2.24, 2.45) is 15.8 Å². The van der Waals surface area contributed by atoms with Crippen LogP contribution in [-0.2, 0) is 0 Å². The molecule has 0 radical (unpaired) electrons. The van der Waals surface area contributed by atoms with Gasteiger partial charge in [-0.15, -0.1) is 0 Å². The largest absolute Gasteiger partial charge is 0.369 e. The molecule has 0 aliphatic carbocycles. The average molecular weight is 142 g/mol. The molecular weight excluding hydrogens is 128 g/mol. The van der Waals surface area contributed by atoms with Crippen molar-refractivity contribution >= 4 is 11.7 Å². The number of hydrogen-bond donors (Lipinski definition) is 2. The summed E-state index contributed by atoms with van der Waals surface area (Å²) in [6, 6.07) is 0. The van der Waals surface area contributed by atoms with Crippen LogP contribution in [0.1, 0.15) is 20.3 Å². The molecule has 0 amide bonds. The molecule has 0 saturated carbocycles. The summed E-state index contributed by atoms with van der Waals surface area (Å²) >= 11 is 0. The Labute approximate surface area is 61.2 Å². The minimum absolute atomic E-state index is 0.341. The van der Waals surface area contributed by atoms with Crippen molar-refractivity contribution in [3.63, 3.8) is 0 Å². The highest BCUT2D eigenvalue weighted by Crippen LogP contribution is 1.79. The lowest BCUT2D eigenvalue weighted by Gasteiger charge is -1.97. The zero-order valence-electron chi connectivity index (χ0n) is 6.68. The van der Waals surface area contributed by atoms with Crippen LogP contribution in [0.15, 0.2) is 10.1 Å². The molecule has 0 aromatic heterocycles. The SMILES string of the molecule is CCC(C)=NNC(N)=NC. The Morgan fingerprint density at radius 2 is 2.20 bits per heavy atom. The zero-order chi connectivity index (χ0) is 7.98. The number of hydrazone groups is 1. The van der Waals surface area contributed by atoms with Gasteiger partial charge in [0.2, 0.25) is 5.96 Å². The van der Waals surface area contributed by atoms with Crippen molar-refractivity contribution in [2.75, 3.05) is 7.05 Å². The maximum Gasteiger partial charge on any atom is 0.209 e. The second-order valence-corrected chi connectivity index (χ2v) is 1.92. The van der Waals surface area contributed by atoms with Crippen molar-refractivity contribution in [3.05, 3.63) is 0 Å². The number of guanidine groups is 1. The molecule has 0 spiro atoms. The Hall–Kier alpha value is -1.06. The standard InChI is InChI=1S/C6H14N4/c1-4-5(2)9-10-6(7)8-3/h4H2,1-3H3,(H3,7,8,10). The van der Waals surface area contributed by atoms with E-state index >= 15 is 0 Å². The number of nitrogens with two attached hydrogens (primary N) is 1. The molecule has 0 atom stereocenters. The summed E-state index contributed by atoms with van der Waals surface area (Å²) in [6.07, 6.45) is 0.921. The van der Waals surface area contributed by atoms with Crippen LogP contribution in [0.3, 0.4) is 0 Å². The van der Waals surface area contributed by atoms with Crippen LogP contribution in [0.4, 0.5) is 0 Å². The van der Waals surface area contributed by atoms with Crippen molar-refractivity contribution in [1.82, 2.24) is 5.43 Å². The fourth-order valence-corrected chi connectivity index (χ4v) is 0.282. The van der Waals surface area contributed by atoms with Gasteiger partial charge in [0.05, 0.1) is 0 Å².